The lowest BCUT2D eigenvalue weighted by Gasteiger charge is -2.39. The number of hydrogen-bond donors (Lipinski definition) is 2. The van der Waals surface area contributed by atoms with Gasteiger partial charge in [-0.15, -0.1) is 12.4 Å². The van der Waals surface area contributed by atoms with Crippen molar-refractivity contribution >= 4 is 34.7 Å². The average Bonchev–Trinajstić information content (AvgIpc) is 3.38. The first kappa shape index (κ1) is 24.9. The molecular formula is C25H30ClFN6O2. The van der Waals surface area contributed by atoms with E-state index in [9.17, 15) is 10.1 Å². The Hall–Kier alpha value is -3.25. The number of fused-ring (bicyclic) bond motifs is 1. The molecule has 8 nitrogen and oxygen atoms in total. The summed E-state index contributed by atoms with van der Waals surface area (Å²) in [5, 5.41) is 17.2. The third kappa shape index (κ3) is 3.71. The van der Waals surface area contributed by atoms with Gasteiger partial charge < -0.3 is 20.4 Å². The van der Waals surface area contributed by atoms with E-state index in [1.165, 1.54) is 5.56 Å². The van der Waals surface area contributed by atoms with Crippen LogP contribution in [0.3, 0.4) is 0 Å². The molecule has 0 bridgehead atoms. The molecule has 1 saturated carbocycles. The fraction of sp³-hybridized carbons (Fsp3) is 0.480. The standard InChI is InChI=1S/C25H29FN6O2.ClH/c1-14-17(15(2)31(3)30-14)7-6-10-29-21-19(26)20(28)18-22-24(21)34-13-25(8-4-5-9-25)32(22)12-16(11-27)23(18)33;/h12,29H,4-10,13,28H2,1-3H3;1H. The van der Waals surface area contributed by atoms with Gasteiger partial charge in [-0.25, -0.2) is 4.39 Å². The average molecular weight is 501 g/mol. The highest BCUT2D eigenvalue weighted by molar-refractivity contribution is 6.01. The van der Waals surface area contributed by atoms with E-state index in [1.54, 1.807) is 6.20 Å². The number of nitrogens with two attached hydrogens (primary N) is 1. The van der Waals surface area contributed by atoms with Gasteiger partial charge in [0.1, 0.15) is 23.9 Å². The number of aryl methyl sites for hydroxylation is 2. The monoisotopic (exact) mass is 500 g/mol. The van der Waals surface area contributed by atoms with Gasteiger partial charge >= 0.3 is 0 Å². The molecule has 3 heterocycles. The molecule has 3 aromatic rings. The van der Waals surface area contributed by atoms with Crippen LogP contribution in [0.2, 0.25) is 0 Å². The Morgan fingerprint density at radius 3 is 2.69 bits per heavy atom. The van der Waals surface area contributed by atoms with Crippen molar-refractivity contribution in [2.24, 2.45) is 7.05 Å². The molecule has 10 heteroatoms. The van der Waals surface area contributed by atoms with Crippen molar-refractivity contribution in [1.29, 1.82) is 5.26 Å². The lowest BCUT2D eigenvalue weighted by molar-refractivity contribution is 0.143. The first-order chi connectivity index (χ1) is 16.3. The predicted octanol–water partition coefficient (Wildman–Crippen LogP) is 4.07. The number of anilines is 2. The molecule has 2 aliphatic rings. The molecule has 0 radical (unpaired) electrons. The Morgan fingerprint density at radius 2 is 2.06 bits per heavy atom. The van der Waals surface area contributed by atoms with E-state index in [1.807, 2.05) is 36.2 Å². The number of aromatic nitrogens is 3. The summed E-state index contributed by atoms with van der Waals surface area (Å²) in [4.78, 5) is 13.0. The Labute approximate surface area is 209 Å². The minimum atomic E-state index is -0.711. The second-order valence-electron chi connectivity index (χ2n) is 9.53. The molecule has 3 N–H and O–H groups in total. The van der Waals surface area contributed by atoms with Crippen LogP contribution >= 0.6 is 12.4 Å². The lowest BCUT2D eigenvalue weighted by Crippen LogP contribution is -2.41. The van der Waals surface area contributed by atoms with Crippen LogP contribution in [0.4, 0.5) is 15.8 Å². The fourth-order valence-corrected chi connectivity index (χ4v) is 5.65. The van der Waals surface area contributed by atoms with Gasteiger partial charge in [0, 0.05) is 25.5 Å². The molecule has 1 fully saturated rings. The van der Waals surface area contributed by atoms with Crippen molar-refractivity contribution in [3.05, 3.63) is 44.8 Å². The van der Waals surface area contributed by atoms with Gasteiger partial charge in [0.2, 0.25) is 5.43 Å². The number of ether oxygens (including phenoxy) is 1. The summed E-state index contributed by atoms with van der Waals surface area (Å²) in [5.74, 6) is -0.410. The van der Waals surface area contributed by atoms with E-state index in [2.05, 4.69) is 10.4 Å². The summed E-state index contributed by atoms with van der Waals surface area (Å²) in [7, 11) is 1.92. The minimum absolute atomic E-state index is 0. The third-order valence-corrected chi connectivity index (χ3v) is 7.59. The van der Waals surface area contributed by atoms with Crippen molar-refractivity contribution < 1.29 is 9.13 Å². The molecule has 0 saturated heterocycles. The summed E-state index contributed by atoms with van der Waals surface area (Å²) >= 11 is 0. The van der Waals surface area contributed by atoms with Gasteiger partial charge in [0.15, 0.2) is 11.6 Å². The number of rotatable bonds is 5. The second-order valence-corrected chi connectivity index (χ2v) is 9.53. The maximum Gasteiger partial charge on any atom is 0.209 e. The Balaban J connectivity index is 0.00000289. The van der Waals surface area contributed by atoms with Crippen LogP contribution in [0.15, 0.2) is 11.0 Å². The van der Waals surface area contributed by atoms with E-state index < -0.39 is 11.2 Å². The van der Waals surface area contributed by atoms with Gasteiger partial charge in [0.25, 0.3) is 0 Å². The molecule has 1 aliphatic heterocycles. The van der Waals surface area contributed by atoms with Crippen LogP contribution < -0.4 is 21.2 Å². The Kier molecular flexibility index (Phi) is 6.45. The second kappa shape index (κ2) is 9.08. The van der Waals surface area contributed by atoms with Crippen LogP contribution in [-0.4, -0.2) is 27.5 Å². The van der Waals surface area contributed by atoms with E-state index in [-0.39, 0.29) is 40.3 Å². The highest BCUT2D eigenvalue weighted by atomic mass is 35.5. The van der Waals surface area contributed by atoms with Crippen molar-refractivity contribution in [3.63, 3.8) is 0 Å². The molecular weight excluding hydrogens is 471 g/mol. The van der Waals surface area contributed by atoms with Crippen molar-refractivity contribution in [1.82, 2.24) is 14.3 Å². The molecule has 2 aromatic heterocycles. The van der Waals surface area contributed by atoms with Crippen LogP contribution in [0, 0.1) is 31.0 Å². The largest absolute Gasteiger partial charge is 0.487 e. The van der Waals surface area contributed by atoms with Crippen molar-refractivity contribution in [2.45, 2.75) is 57.9 Å². The number of nitrogens with one attached hydrogen (secondary N) is 1. The third-order valence-electron chi connectivity index (χ3n) is 7.59. The van der Waals surface area contributed by atoms with Gasteiger partial charge in [-0.3, -0.25) is 9.48 Å². The number of hydrogen-bond acceptors (Lipinski definition) is 6. The maximum absolute atomic E-state index is 15.5. The maximum atomic E-state index is 15.5. The number of halogens is 2. The van der Waals surface area contributed by atoms with Gasteiger partial charge in [-0.1, -0.05) is 12.8 Å². The summed E-state index contributed by atoms with van der Waals surface area (Å²) in [6, 6.07) is 1.97. The summed E-state index contributed by atoms with van der Waals surface area (Å²) < 4.78 is 25.5. The van der Waals surface area contributed by atoms with Gasteiger partial charge in [-0.2, -0.15) is 10.4 Å². The molecule has 0 atom stereocenters. The lowest BCUT2D eigenvalue weighted by atomic mass is 9.93. The summed E-state index contributed by atoms with van der Waals surface area (Å²) in [5.41, 5.74) is 8.99. The quantitative estimate of drug-likeness (QED) is 0.403. The van der Waals surface area contributed by atoms with Crippen LogP contribution in [-0.2, 0) is 19.0 Å². The Bertz CT molecular complexity index is 1410. The van der Waals surface area contributed by atoms with E-state index >= 15 is 4.39 Å². The molecule has 5 rings (SSSR count). The molecule has 35 heavy (non-hydrogen) atoms. The number of nitrogen functional groups attached to an aromatic ring is 1. The van der Waals surface area contributed by atoms with Crippen LogP contribution in [0.1, 0.15) is 54.6 Å². The molecule has 1 aromatic carbocycles. The zero-order valence-corrected chi connectivity index (χ0v) is 21.0. The zero-order valence-electron chi connectivity index (χ0n) is 20.2. The van der Waals surface area contributed by atoms with Gasteiger partial charge in [0.05, 0.1) is 27.8 Å². The number of pyridine rings is 1. The minimum Gasteiger partial charge on any atom is -0.487 e. The molecule has 1 spiro atoms. The van der Waals surface area contributed by atoms with Crippen LogP contribution in [0.25, 0.3) is 10.9 Å². The summed E-state index contributed by atoms with van der Waals surface area (Å²) in [6.45, 7) is 4.90. The van der Waals surface area contributed by atoms with E-state index in [0.29, 0.717) is 24.4 Å². The molecule has 0 amide bonds. The van der Waals surface area contributed by atoms with E-state index in [4.69, 9.17) is 10.5 Å². The number of benzene rings is 1. The number of nitriles is 1. The number of nitrogens with zero attached hydrogens (tertiary/aromatic N) is 4. The highest BCUT2D eigenvalue weighted by Gasteiger charge is 2.42. The first-order valence-electron chi connectivity index (χ1n) is 11.8. The topological polar surface area (TPSA) is 111 Å². The van der Waals surface area contributed by atoms with E-state index in [0.717, 1.165) is 49.9 Å². The predicted molar refractivity (Wildman–Crippen MR) is 136 cm³/mol. The zero-order chi connectivity index (χ0) is 24.2. The highest BCUT2D eigenvalue weighted by Crippen LogP contribution is 2.48. The Morgan fingerprint density at radius 1 is 1.34 bits per heavy atom. The first-order valence-corrected chi connectivity index (χ1v) is 11.8. The van der Waals surface area contributed by atoms with Gasteiger partial charge in [-0.05, 0) is 45.1 Å². The normalized spacial score (nSPS) is 15.6. The summed E-state index contributed by atoms with van der Waals surface area (Å²) in [6.07, 6.45) is 6.98. The molecule has 186 valence electrons. The molecule has 0 unspecified atom stereocenters. The SMILES string of the molecule is Cc1nn(C)c(C)c1CCCNc1c(F)c(N)c2c(=O)c(C#N)cn3c2c1OCC31CCCC1.Cl. The smallest absolute Gasteiger partial charge is 0.209 e. The fourth-order valence-electron chi connectivity index (χ4n) is 5.65. The molecule has 1 aliphatic carbocycles. The van der Waals surface area contributed by atoms with Crippen LogP contribution in [0.5, 0.6) is 5.75 Å². The van der Waals surface area contributed by atoms with Crippen molar-refractivity contribution in [3.8, 4) is 11.8 Å². The van der Waals surface area contributed by atoms with Crippen molar-refractivity contribution in [2.75, 3.05) is 24.2 Å².